The Bertz CT molecular complexity index is 3800. The van der Waals surface area contributed by atoms with Gasteiger partial charge in [-0.15, -0.1) is 6.58 Å². The molecular weight excluding hydrogens is 1310 g/mol. The number of rotatable bonds is 40. The van der Waals surface area contributed by atoms with E-state index in [-0.39, 0.29) is 78.6 Å². The SMILES string of the molecule is C=CCCCO[C@@H]1OC(COCc2ccccc2)[C@@H](O[C@@H]2OC(COCc3ccccc3)[C@H](O[C@H]3OC(COCc4ccccc4)[C@H](C)[C@@H](OCc4ccc(OC)cc4)C3OCc3ccccc3)[C@@H](OCc3ccccc3)C2OCc2ccccc2)[C@@H](OCc2ccccc2)C1OCc1ccccc1. The molecule has 0 spiro atoms. The fourth-order valence-corrected chi connectivity index (χ4v) is 13.2. The smallest absolute Gasteiger partial charge is 0.187 e. The van der Waals surface area contributed by atoms with Gasteiger partial charge in [0, 0.05) is 5.92 Å². The Kier molecular flexibility index (Phi) is 29.8. The molecule has 104 heavy (non-hydrogen) atoms. The summed E-state index contributed by atoms with van der Waals surface area (Å²) in [4.78, 5) is 0. The van der Waals surface area contributed by atoms with Gasteiger partial charge in [0.1, 0.15) is 60.7 Å². The third-order valence-corrected chi connectivity index (χ3v) is 18.8. The van der Waals surface area contributed by atoms with Crippen molar-refractivity contribution in [1.29, 1.82) is 0 Å². The van der Waals surface area contributed by atoms with Crippen molar-refractivity contribution in [2.75, 3.05) is 33.5 Å². The highest BCUT2D eigenvalue weighted by molar-refractivity contribution is 5.27. The van der Waals surface area contributed by atoms with Gasteiger partial charge in [-0.1, -0.05) is 268 Å². The zero-order chi connectivity index (χ0) is 71.2. The highest BCUT2D eigenvalue weighted by atomic mass is 16.8. The molecule has 3 aliphatic heterocycles. The summed E-state index contributed by atoms with van der Waals surface area (Å²) in [7, 11) is 1.66. The van der Waals surface area contributed by atoms with Gasteiger partial charge in [-0.25, -0.2) is 0 Å². The lowest BCUT2D eigenvalue weighted by atomic mass is 9.90. The van der Waals surface area contributed by atoms with E-state index in [0.29, 0.717) is 19.6 Å². The molecule has 3 saturated heterocycles. The van der Waals surface area contributed by atoms with E-state index in [1.54, 1.807) is 7.11 Å². The number of hydrogen-bond acceptors (Lipinski definition) is 16. The molecule has 546 valence electrons. The van der Waals surface area contributed by atoms with Gasteiger partial charge in [0.2, 0.25) is 0 Å². The first-order valence-electron chi connectivity index (χ1n) is 36.3. The summed E-state index contributed by atoms with van der Waals surface area (Å²) in [6.07, 6.45) is -9.86. The predicted octanol–water partition coefficient (Wildman–Crippen LogP) is 15.7. The van der Waals surface area contributed by atoms with Crippen LogP contribution >= 0.6 is 0 Å². The minimum Gasteiger partial charge on any atom is -0.497 e. The molecule has 16 heteroatoms. The number of allylic oxidation sites excluding steroid dienone is 1. The van der Waals surface area contributed by atoms with Crippen molar-refractivity contribution < 1.29 is 75.8 Å². The quantitative estimate of drug-likeness (QED) is 0.0265. The van der Waals surface area contributed by atoms with Crippen LogP contribution in [0.4, 0.5) is 0 Å². The minimum atomic E-state index is -1.27. The van der Waals surface area contributed by atoms with Crippen molar-refractivity contribution in [2.24, 2.45) is 5.92 Å². The Balaban J connectivity index is 0.975. The lowest BCUT2D eigenvalue weighted by Gasteiger charge is -2.51. The topological polar surface area (TPSA) is 148 Å². The molecule has 3 aliphatic rings. The predicted molar refractivity (Wildman–Crippen MR) is 395 cm³/mol. The molecule has 0 bridgehead atoms. The van der Waals surface area contributed by atoms with E-state index in [1.165, 1.54) is 0 Å². The summed E-state index contributed by atoms with van der Waals surface area (Å²) >= 11 is 0. The number of benzene rings is 9. The molecule has 6 unspecified atom stereocenters. The molecule has 0 N–H and O–H groups in total. The summed E-state index contributed by atoms with van der Waals surface area (Å²) in [6, 6.07) is 88.3. The summed E-state index contributed by atoms with van der Waals surface area (Å²) in [6.45, 7) is 8.67. The van der Waals surface area contributed by atoms with Crippen molar-refractivity contribution in [3.63, 3.8) is 0 Å². The van der Waals surface area contributed by atoms with Crippen LogP contribution in [0, 0.1) is 5.92 Å². The summed E-state index contributed by atoms with van der Waals surface area (Å²) in [5.41, 5.74) is 8.56. The van der Waals surface area contributed by atoms with E-state index in [9.17, 15) is 0 Å². The van der Waals surface area contributed by atoms with E-state index < -0.39 is 86.0 Å². The first-order valence-corrected chi connectivity index (χ1v) is 36.3. The zero-order valence-corrected chi connectivity index (χ0v) is 59.5. The molecule has 3 heterocycles. The standard InChI is InChI=1S/C88H98O16/c1-4-5-30-51-93-86-84(98-58-71-43-26-12-27-44-71)81(95-55-68-37-20-9-21-38-68)79(76(101-86)62-91-53-66-33-16-7-17-34-66)104-88-85(99-59-72-45-28-13-29-46-72)82(96-56-69-39-22-10-23-40-69)80(77(102-88)63-92-54-67-35-18-8-19-36-67)103-87-83(97-57-70-41-24-11-25-42-70)78(94-60-73-47-49-74(89-3)50-48-73)64(2)75(100-87)61-90-52-65-31-14-6-15-32-65/h4,6-29,31-50,64,75-88H,1,5,30,51-63H2,2-3H3/t64-,75?,76?,77?,78+,79+,80-,81+,82+,83?,84?,85?,86+,87+,88-/m0/s1. The number of ether oxygens (including phenoxy) is 16. The van der Waals surface area contributed by atoms with Gasteiger partial charge in [0.15, 0.2) is 18.9 Å². The monoisotopic (exact) mass is 1410 g/mol. The van der Waals surface area contributed by atoms with E-state index >= 15 is 0 Å². The molecule has 9 aromatic rings. The van der Waals surface area contributed by atoms with Crippen LogP contribution in [0.5, 0.6) is 5.75 Å². The van der Waals surface area contributed by atoms with Crippen LogP contribution < -0.4 is 4.74 Å². The van der Waals surface area contributed by atoms with Crippen molar-refractivity contribution in [1.82, 2.24) is 0 Å². The largest absolute Gasteiger partial charge is 0.497 e. The van der Waals surface area contributed by atoms with E-state index in [0.717, 1.165) is 62.2 Å². The molecule has 0 saturated carbocycles. The second-order valence-electron chi connectivity index (χ2n) is 26.4. The van der Waals surface area contributed by atoms with Crippen LogP contribution in [0.3, 0.4) is 0 Å². The first kappa shape index (κ1) is 75.6. The van der Waals surface area contributed by atoms with Crippen LogP contribution in [-0.2, 0) is 131 Å². The van der Waals surface area contributed by atoms with E-state index in [2.05, 4.69) is 13.5 Å². The lowest BCUT2D eigenvalue weighted by molar-refractivity contribution is -0.393. The molecule has 15 atom stereocenters. The number of hydrogen-bond donors (Lipinski definition) is 0. The number of methoxy groups -OCH3 is 1. The Hall–Kier alpha value is -8.08. The van der Waals surface area contributed by atoms with Gasteiger partial charge in [-0.3, -0.25) is 0 Å². The van der Waals surface area contributed by atoms with Crippen molar-refractivity contribution in [2.45, 2.75) is 165 Å². The highest BCUT2D eigenvalue weighted by Crippen LogP contribution is 2.40. The summed E-state index contributed by atoms with van der Waals surface area (Å²) in [5, 5.41) is 0. The fraction of sp³-hybridized carbons (Fsp3) is 0.364. The molecule has 9 aromatic carbocycles. The van der Waals surface area contributed by atoms with Gasteiger partial charge in [-0.05, 0) is 75.0 Å². The van der Waals surface area contributed by atoms with Gasteiger partial charge in [0.25, 0.3) is 0 Å². The third-order valence-electron chi connectivity index (χ3n) is 18.8. The second-order valence-corrected chi connectivity index (χ2v) is 26.4. The van der Waals surface area contributed by atoms with Crippen molar-refractivity contribution >= 4 is 0 Å². The van der Waals surface area contributed by atoms with Crippen LogP contribution in [-0.4, -0.2) is 120 Å². The highest BCUT2D eigenvalue weighted by Gasteiger charge is 2.57. The average Bonchev–Trinajstić information content (AvgIpc) is 0.765. The third kappa shape index (κ3) is 22.5. The van der Waals surface area contributed by atoms with Crippen LogP contribution in [0.15, 0.2) is 280 Å². The van der Waals surface area contributed by atoms with E-state index in [1.807, 2.05) is 273 Å². The van der Waals surface area contributed by atoms with Crippen molar-refractivity contribution in [3.05, 3.63) is 330 Å². The number of unbranched alkanes of at least 4 members (excludes halogenated alkanes) is 1. The Labute approximate surface area is 612 Å². The lowest BCUT2D eigenvalue weighted by Crippen LogP contribution is -2.67. The first-order chi connectivity index (χ1) is 51.4. The molecule has 3 fully saturated rings. The summed E-state index contributed by atoms with van der Waals surface area (Å²) < 4.78 is 114. The Morgan fingerprint density at radius 2 is 0.577 bits per heavy atom. The normalized spacial score (nSPS) is 24.7. The minimum absolute atomic E-state index is 0.0160. The van der Waals surface area contributed by atoms with Crippen molar-refractivity contribution in [3.8, 4) is 5.75 Å². The molecular formula is C88H98O16. The molecule has 0 aliphatic carbocycles. The Morgan fingerprint density at radius 3 is 0.923 bits per heavy atom. The van der Waals surface area contributed by atoms with Gasteiger partial charge in [-0.2, -0.15) is 0 Å². The van der Waals surface area contributed by atoms with Crippen LogP contribution in [0.2, 0.25) is 0 Å². The van der Waals surface area contributed by atoms with Crippen LogP contribution in [0.1, 0.15) is 69.8 Å². The van der Waals surface area contributed by atoms with Gasteiger partial charge in [0.05, 0.1) is 105 Å². The molecule has 0 amide bonds. The van der Waals surface area contributed by atoms with E-state index in [4.69, 9.17) is 75.8 Å². The molecule has 0 aromatic heterocycles. The van der Waals surface area contributed by atoms with Gasteiger partial charge >= 0.3 is 0 Å². The van der Waals surface area contributed by atoms with Gasteiger partial charge < -0.3 is 75.8 Å². The summed E-state index contributed by atoms with van der Waals surface area (Å²) in [5.74, 6) is 0.446. The van der Waals surface area contributed by atoms with Crippen LogP contribution in [0.25, 0.3) is 0 Å². The fourth-order valence-electron chi connectivity index (χ4n) is 13.2. The second kappa shape index (κ2) is 41.0. The molecule has 0 radical (unpaired) electrons. The maximum absolute atomic E-state index is 7.85. The zero-order valence-electron chi connectivity index (χ0n) is 59.5. The Morgan fingerprint density at radius 1 is 0.298 bits per heavy atom. The molecule has 12 rings (SSSR count). The average molecular weight is 1410 g/mol. The maximum atomic E-state index is 7.85. The molecule has 16 nitrogen and oxygen atoms in total. The maximum Gasteiger partial charge on any atom is 0.187 e.